The molecule has 1 unspecified atom stereocenters. The van der Waals surface area contributed by atoms with Crippen molar-refractivity contribution in [3.8, 4) is 0 Å². The van der Waals surface area contributed by atoms with Crippen molar-refractivity contribution in [3.05, 3.63) is 72.6 Å². The number of aliphatic carboxylic acids is 1. The van der Waals surface area contributed by atoms with Crippen LogP contribution in [-0.2, 0) is 14.8 Å². The van der Waals surface area contributed by atoms with E-state index in [1.165, 1.54) is 0 Å². The number of nitrogens with zero attached hydrogens (tertiary/aromatic N) is 1. The molecule has 0 aliphatic heterocycles. The molecule has 0 amide bonds. The second kappa shape index (κ2) is 8.95. The molecule has 6 nitrogen and oxygen atoms in total. The number of carboxylic acid groups (broad SMARTS) is 1. The SMILES string of the molecule is O=C(O)CCCC(CNS(=O)(=O)c1ccc2ccccc2c1)c1cccnc1. The average molecular weight is 398 g/mol. The first-order chi connectivity index (χ1) is 13.5. The molecular weight excluding hydrogens is 376 g/mol. The van der Waals surface area contributed by atoms with Crippen molar-refractivity contribution in [2.75, 3.05) is 6.54 Å². The minimum atomic E-state index is -3.68. The lowest BCUT2D eigenvalue weighted by atomic mass is 9.95. The van der Waals surface area contributed by atoms with Crippen molar-refractivity contribution in [2.24, 2.45) is 0 Å². The van der Waals surface area contributed by atoms with Crippen molar-refractivity contribution in [2.45, 2.75) is 30.1 Å². The number of fused-ring (bicyclic) bond motifs is 1. The molecule has 3 aromatic rings. The molecule has 7 heteroatoms. The van der Waals surface area contributed by atoms with Crippen LogP contribution in [0.15, 0.2) is 71.9 Å². The first kappa shape index (κ1) is 20.0. The lowest BCUT2D eigenvalue weighted by Crippen LogP contribution is -2.28. The Morgan fingerprint density at radius 1 is 1.07 bits per heavy atom. The fraction of sp³-hybridized carbons (Fsp3) is 0.238. The Morgan fingerprint density at radius 2 is 1.86 bits per heavy atom. The van der Waals surface area contributed by atoms with Crippen LogP contribution in [0.2, 0.25) is 0 Å². The van der Waals surface area contributed by atoms with E-state index in [0.29, 0.717) is 12.8 Å². The highest BCUT2D eigenvalue weighted by Gasteiger charge is 2.19. The van der Waals surface area contributed by atoms with E-state index in [-0.39, 0.29) is 23.8 Å². The van der Waals surface area contributed by atoms with Gasteiger partial charge in [-0.2, -0.15) is 0 Å². The maximum Gasteiger partial charge on any atom is 0.303 e. The van der Waals surface area contributed by atoms with E-state index in [2.05, 4.69) is 9.71 Å². The number of sulfonamides is 1. The van der Waals surface area contributed by atoms with Crippen LogP contribution in [0.4, 0.5) is 0 Å². The minimum Gasteiger partial charge on any atom is -0.481 e. The van der Waals surface area contributed by atoms with E-state index >= 15 is 0 Å². The molecule has 0 radical (unpaired) electrons. The van der Waals surface area contributed by atoms with Gasteiger partial charge in [-0.15, -0.1) is 0 Å². The Morgan fingerprint density at radius 3 is 2.57 bits per heavy atom. The average Bonchev–Trinajstić information content (AvgIpc) is 2.70. The summed E-state index contributed by atoms with van der Waals surface area (Å²) in [7, 11) is -3.68. The van der Waals surface area contributed by atoms with E-state index in [1.54, 1.807) is 36.7 Å². The van der Waals surface area contributed by atoms with Crippen LogP contribution in [0.5, 0.6) is 0 Å². The zero-order valence-corrected chi connectivity index (χ0v) is 16.1. The molecule has 0 aliphatic rings. The highest BCUT2D eigenvalue weighted by molar-refractivity contribution is 7.89. The molecule has 0 bridgehead atoms. The Bertz CT molecular complexity index is 1050. The molecule has 0 saturated carbocycles. The molecule has 0 fully saturated rings. The molecule has 28 heavy (non-hydrogen) atoms. The number of aromatic nitrogens is 1. The summed E-state index contributed by atoms with van der Waals surface area (Å²) in [6.45, 7) is 0.181. The standard InChI is InChI=1S/C21H22N2O4S/c24-21(25)9-3-7-19(18-8-4-12-22-14-18)15-23-28(26,27)20-11-10-16-5-1-2-6-17(16)13-20/h1-2,4-6,8,10-14,19,23H,3,7,9,15H2,(H,24,25). The second-order valence-electron chi connectivity index (χ2n) is 6.63. The number of pyridine rings is 1. The van der Waals surface area contributed by atoms with Gasteiger partial charge >= 0.3 is 5.97 Å². The fourth-order valence-corrected chi connectivity index (χ4v) is 4.25. The Kier molecular flexibility index (Phi) is 6.38. The van der Waals surface area contributed by atoms with Gasteiger partial charge in [-0.3, -0.25) is 9.78 Å². The number of hydrogen-bond donors (Lipinski definition) is 2. The highest BCUT2D eigenvalue weighted by atomic mass is 32.2. The predicted molar refractivity (Wildman–Crippen MR) is 108 cm³/mol. The molecule has 3 rings (SSSR count). The number of carbonyl (C=O) groups is 1. The summed E-state index contributed by atoms with van der Waals surface area (Å²) >= 11 is 0. The molecule has 2 N–H and O–H groups in total. The third-order valence-electron chi connectivity index (χ3n) is 4.65. The van der Waals surface area contributed by atoms with Crippen molar-refractivity contribution in [1.82, 2.24) is 9.71 Å². The summed E-state index contributed by atoms with van der Waals surface area (Å²) in [4.78, 5) is 15.1. The van der Waals surface area contributed by atoms with E-state index in [1.807, 2.05) is 30.3 Å². The van der Waals surface area contributed by atoms with Crippen molar-refractivity contribution in [1.29, 1.82) is 0 Å². The van der Waals surface area contributed by atoms with Gasteiger partial charge in [-0.1, -0.05) is 36.4 Å². The van der Waals surface area contributed by atoms with Crippen LogP contribution in [0.3, 0.4) is 0 Å². The quantitative estimate of drug-likeness (QED) is 0.575. The fourth-order valence-electron chi connectivity index (χ4n) is 3.13. The van der Waals surface area contributed by atoms with Gasteiger partial charge in [-0.25, -0.2) is 13.1 Å². The summed E-state index contributed by atoms with van der Waals surface area (Å²) in [5.41, 5.74) is 0.883. The Hall–Kier alpha value is -2.77. The van der Waals surface area contributed by atoms with Gasteiger partial charge < -0.3 is 5.11 Å². The molecule has 0 spiro atoms. The Balaban J connectivity index is 1.75. The largest absolute Gasteiger partial charge is 0.481 e. The maximum atomic E-state index is 12.8. The zero-order valence-electron chi connectivity index (χ0n) is 15.3. The van der Waals surface area contributed by atoms with Gasteiger partial charge in [0.25, 0.3) is 0 Å². The van der Waals surface area contributed by atoms with Crippen LogP contribution < -0.4 is 4.72 Å². The summed E-state index contributed by atoms with van der Waals surface area (Å²) in [6, 6.07) is 16.3. The van der Waals surface area contributed by atoms with E-state index < -0.39 is 16.0 Å². The summed E-state index contributed by atoms with van der Waals surface area (Å²) in [5.74, 6) is -1.01. The van der Waals surface area contributed by atoms with Gasteiger partial charge in [0.15, 0.2) is 0 Å². The molecule has 1 aromatic heterocycles. The van der Waals surface area contributed by atoms with E-state index in [4.69, 9.17) is 5.11 Å². The highest BCUT2D eigenvalue weighted by Crippen LogP contribution is 2.23. The van der Waals surface area contributed by atoms with Crippen LogP contribution >= 0.6 is 0 Å². The lowest BCUT2D eigenvalue weighted by Gasteiger charge is -2.18. The van der Waals surface area contributed by atoms with Crippen LogP contribution in [-0.4, -0.2) is 31.0 Å². The molecule has 2 aromatic carbocycles. The van der Waals surface area contributed by atoms with Gasteiger partial charge in [0, 0.05) is 25.4 Å². The van der Waals surface area contributed by atoms with Crippen molar-refractivity contribution < 1.29 is 18.3 Å². The maximum absolute atomic E-state index is 12.8. The van der Waals surface area contributed by atoms with Crippen molar-refractivity contribution >= 4 is 26.8 Å². The number of rotatable bonds is 9. The van der Waals surface area contributed by atoms with Crippen LogP contribution in [0, 0.1) is 0 Å². The number of hydrogen-bond acceptors (Lipinski definition) is 4. The molecule has 146 valence electrons. The number of carboxylic acids is 1. The van der Waals surface area contributed by atoms with Gasteiger partial charge in [0.05, 0.1) is 4.90 Å². The summed E-state index contributed by atoms with van der Waals surface area (Å²) in [5, 5.41) is 10.7. The van der Waals surface area contributed by atoms with E-state index in [9.17, 15) is 13.2 Å². The zero-order chi connectivity index (χ0) is 20.0. The predicted octanol–water partition coefficient (Wildman–Crippen LogP) is 3.55. The van der Waals surface area contributed by atoms with Crippen molar-refractivity contribution in [3.63, 3.8) is 0 Å². The summed E-state index contributed by atoms with van der Waals surface area (Å²) < 4.78 is 28.2. The molecular formula is C21H22N2O4S. The van der Waals surface area contributed by atoms with Gasteiger partial charge in [0.2, 0.25) is 10.0 Å². The number of nitrogens with one attached hydrogen (secondary N) is 1. The normalized spacial score (nSPS) is 12.7. The third-order valence-corrected chi connectivity index (χ3v) is 6.07. The lowest BCUT2D eigenvalue weighted by molar-refractivity contribution is -0.137. The first-order valence-electron chi connectivity index (χ1n) is 9.06. The van der Waals surface area contributed by atoms with Gasteiger partial charge in [0.1, 0.15) is 0 Å². The molecule has 1 atom stereocenters. The van der Waals surface area contributed by atoms with E-state index in [0.717, 1.165) is 16.3 Å². The first-order valence-corrected chi connectivity index (χ1v) is 10.5. The molecule has 0 saturated heterocycles. The summed E-state index contributed by atoms with van der Waals surface area (Å²) in [6.07, 6.45) is 4.41. The van der Waals surface area contributed by atoms with Gasteiger partial charge in [-0.05, 0) is 53.3 Å². The molecule has 0 aliphatic carbocycles. The number of benzene rings is 2. The monoisotopic (exact) mass is 398 g/mol. The third kappa shape index (κ3) is 5.15. The second-order valence-corrected chi connectivity index (χ2v) is 8.40. The topological polar surface area (TPSA) is 96.4 Å². The Labute approximate surface area is 164 Å². The molecule has 1 heterocycles. The smallest absolute Gasteiger partial charge is 0.303 e. The minimum absolute atomic E-state index is 0.0498. The van der Waals surface area contributed by atoms with Crippen LogP contribution in [0.25, 0.3) is 10.8 Å². The van der Waals surface area contributed by atoms with Crippen LogP contribution in [0.1, 0.15) is 30.7 Å².